The average Bonchev–Trinajstić information content (AvgIpc) is 2.38. The predicted molar refractivity (Wildman–Crippen MR) is 72.0 cm³/mol. The maximum Gasteiger partial charge on any atom is 0.125 e. The molecular formula is C14H10F2N2OS. The molecular weight excluding hydrogens is 282 g/mol. The molecule has 20 heavy (non-hydrogen) atoms. The fraction of sp³-hybridized carbons (Fsp3) is 0.0714. The molecule has 0 fully saturated rings. The van der Waals surface area contributed by atoms with Gasteiger partial charge in [0.25, 0.3) is 0 Å². The molecule has 0 amide bonds. The molecule has 0 saturated heterocycles. The average molecular weight is 292 g/mol. The summed E-state index contributed by atoms with van der Waals surface area (Å²) < 4.78 is 38.3. The lowest BCUT2D eigenvalue weighted by molar-refractivity contribution is 0.626. The summed E-state index contributed by atoms with van der Waals surface area (Å²) in [5.74, 6) is -1.09. The van der Waals surface area contributed by atoms with Crippen LogP contribution in [0.25, 0.3) is 0 Å². The van der Waals surface area contributed by atoms with E-state index in [2.05, 4.69) is 0 Å². The van der Waals surface area contributed by atoms with Gasteiger partial charge in [0, 0.05) is 0 Å². The highest BCUT2D eigenvalue weighted by Crippen LogP contribution is 2.22. The van der Waals surface area contributed by atoms with Gasteiger partial charge in [-0.15, -0.1) is 0 Å². The number of nitrogens with zero attached hydrogens (tertiary/aromatic N) is 1. The monoisotopic (exact) mass is 292 g/mol. The van der Waals surface area contributed by atoms with E-state index in [9.17, 15) is 13.0 Å². The minimum Gasteiger partial charge on any atom is -0.398 e. The maximum atomic E-state index is 13.2. The van der Waals surface area contributed by atoms with Gasteiger partial charge in [-0.3, -0.25) is 4.21 Å². The van der Waals surface area contributed by atoms with Crippen molar-refractivity contribution in [3.8, 4) is 6.07 Å². The molecule has 0 saturated carbocycles. The van der Waals surface area contributed by atoms with Gasteiger partial charge in [0.05, 0.1) is 38.8 Å². The minimum absolute atomic E-state index is 0.0590. The van der Waals surface area contributed by atoms with E-state index in [4.69, 9.17) is 11.0 Å². The molecule has 0 radical (unpaired) electrons. The quantitative estimate of drug-likeness (QED) is 0.884. The normalized spacial score (nSPS) is 11.8. The van der Waals surface area contributed by atoms with Gasteiger partial charge in [0.2, 0.25) is 0 Å². The Morgan fingerprint density at radius 1 is 1.15 bits per heavy atom. The first-order valence-electron chi connectivity index (χ1n) is 5.63. The number of rotatable bonds is 3. The zero-order chi connectivity index (χ0) is 14.7. The largest absolute Gasteiger partial charge is 0.398 e. The molecule has 0 aromatic heterocycles. The first-order chi connectivity index (χ1) is 9.51. The Hall–Kier alpha value is -2.26. The molecule has 3 nitrogen and oxygen atoms in total. The van der Waals surface area contributed by atoms with E-state index in [0.29, 0.717) is 5.56 Å². The van der Waals surface area contributed by atoms with Crippen molar-refractivity contribution in [3.05, 3.63) is 59.2 Å². The van der Waals surface area contributed by atoms with Gasteiger partial charge in [-0.25, -0.2) is 8.78 Å². The fourth-order valence-corrected chi connectivity index (χ4v) is 2.95. The van der Waals surface area contributed by atoms with E-state index in [1.54, 1.807) is 0 Å². The Balaban J connectivity index is 2.33. The number of hydrogen-bond donors (Lipinski definition) is 1. The first-order valence-corrected chi connectivity index (χ1v) is 6.95. The summed E-state index contributed by atoms with van der Waals surface area (Å²) in [5, 5.41) is 8.94. The lowest BCUT2D eigenvalue weighted by Gasteiger charge is -2.07. The number of nitrogens with two attached hydrogens (primary N) is 1. The standard InChI is InChI=1S/C14H10F2N2OS/c15-11-2-1-9(7-17)10(5-11)8-20(19)14-4-3-12(16)6-13(14)18/h1-6H,8,18H2. The first kappa shape index (κ1) is 14.2. The van der Waals surface area contributed by atoms with Crippen LogP contribution in [0.2, 0.25) is 0 Å². The van der Waals surface area contributed by atoms with Crippen molar-refractivity contribution < 1.29 is 13.0 Å². The van der Waals surface area contributed by atoms with Crippen molar-refractivity contribution in [2.75, 3.05) is 5.73 Å². The molecule has 0 aliphatic heterocycles. The van der Waals surface area contributed by atoms with Gasteiger partial charge in [0.15, 0.2) is 0 Å². The van der Waals surface area contributed by atoms with Crippen molar-refractivity contribution in [1.29, 1.82) is 5.26 Å². The van der Waals surface area contributed by atoms with Crippen LogP contribution in [0.3, 0.4) is 0 Å². The van der Waals surface area contributed by atoms with Crippen molar-refractivity contribution >= 4 is 16.5 Å². The Bertz CT molecular complexity index is 726. The topological polar surface area (TPSA) is 66.9 Å². The van der Waals surface area contributed by atoms with Crippen LogP contribution in [-0.2, 0) is 16.6 Å². The molecule has 2 rings (SSSR count). The highest BCUT2D eigenvalue weighted by Gasteiger charge is 2.13. The summed E-state index contributed by atoms with van der Waals surface area (Å²) in [6.45, 7) is 0. The molecule has 1 atom stereocenters. The van der Waals surface area contributed by atoms with Crippen molar-refractivity contribution in [2.24, 2.45) is 0 Å². The number of hydrogen-bond acceptors (Lipinski definition) is 3. The third-order valence-corrected chi connectivity index (χ3v) is 4.13. The van der Waals surface area contributed by atoms with Crippen LogP contribution in [0, 0.1) is 23.0 Å². The third kappa shape index (κ3) is 3.00. The van der Waals surface area contributed by atoms with Crippen molar-refractivity contribution in [2.45, 2.75) is 10.6 Å². The molecule has 0 heterocycles. The second-order valence-corrected chi connectivity index (χ2v) is 5.50. The number of nitrogen functional groups attached to an aromatic ring is 1. The van der Waals surface area contributed by atoms with Crippen LogP contribution in [-0.4, -0.2) is 4.21 Å². The van der Waals surface area contributed by atoms with E-state index < -0.39 is 22.4 Å². The Kier molecular flexibility index (Phi) is 4.11. The number of nitriles is 1. The second kappa shape index (κ2) is 5.80. The molecule has 2 aromatic rings. The molecule has 0 bridgehead atoms. The summed E-state index contributed by atoms with van der Waals surface area (Å²) in [7, 11) is -1.58. The van der Waals surface area contributed by atoms with Crippen LogP contribution in [0.1, 0.15) is 11.1 Å². The molecule has 0 aliphatic rings. The summed E-state index contributed by atoms with van der Waals surface area (Å²) in [6.07, 6.45) is 0. The summed E-state index contributed by atoms with van der Waals surface area (Å²) in [5.41, 5.74) is 6.25. The van der Waals surface area contributed by atoms with Crippen LogP contribution in [0.4, 0.5) is 14.5 Å². The highest BCUT2D eigenvalue weighted by atomic mass is 32.2. The zero-order valence-electron chi connectivity index (χ0n) is 10.3. The number of benzene rings is 2. The van der Waals surface area contributed by atoms with Crippen LogP contribution < -0.4 is 5.73 Å². The van der Waals surface area contributed by atoms with E-state index in [0.717, 1.165) is 24.3 Å². The predicted octanol–water partition coefficient (Wildman–Crippen LogP) is 2.73. The van der Waals surface area contributed by atoms with Gasteiger partial charge < -0.3 is 5.73 Å². The molecule has 1 unspecified atom stereocenters. The van der Waals surface area contributed by atoms with Gasteiger partial charge in [-0.05, 0) is 42.0 Å². The molecule has 0 aliphatic carbocycles. The van der Waals surface area contributed by atoms with Crippen LogP contribution >= 0.6 is 0 Å². The molecule has 0 spiro atoms. The zero-order valence-corrected chi connectivity index (χ0v) is 11.1. The van der Waals surface area contributed by atoms with Crippen molar-refractivity contribution in [1.82, 2.24) is 0 Å². The molecule has 102 valence electrons. The maximum absolute atomic E-state index is 13.2. The van der Waals surface area contributed by atoms with E-state index >= 15 is 0 Å². The molecule has 2 aromatic carbocycles. The van der Waals surface area contributed by atoms with Crippen molar-refractivity contribution in [3.63, 3.8) is 0 Å². The van der Waals surface area contributed by atoms with Gasteiger partial charge in [-0.2, -0.15) is 5.26 Å². The molecule has 6 heteroatoms. The molecule has 2 N–H and O–H groups in total. The van der Waals surface area contributed by atoms with Gasteiger partial charge in [-0.1, -0.05) is 0 Å². The lowest BCUT2D eigenvalue weighted by atomic mass is 10.1. The summed E-state index contributed by atoms with van der Waals surface area (Å²) in [4.78, 5) is 0.263. The Morgan fingerprint density at radius 2 is 1.80 bits per heavy atom. The van der Waals surface area contributed by atoms with Crippen LogP contribution in [0.5, 0.6) is 0 Å². The third-order valence-electron chi connectivity index (χ3n) is 2.69. The van der Waals surface area contributed by atoms with E-state index in [1.165, 1.54) is 12.1 Å². The number of anilines is 1. The van der Waals surface area contributed by atoms with E-state index in [-0.39, 0.29) is 21.9 Å². The van der Waals surface area contributed by atoms with Crippen LogP contribution in [0.15, 0.2) is 41.3 Å². The van der Waals surface area contributed by atoms with Gasteiger partial charge >= 0.3 is 0 Å². The second-order valence-electron chi connectivity index (χ2n) is 4.09. The number of halogens is 2. The fourth-order valence-electron chi connectivity index (χ4n) is 1.74. The Morgan fingerprint density at radius 3 is 2.45 bits per heavy atom. The lowest BCUT2D eigenvalue weighted by Crippen LogP contribution is -2.03. The SMILES string of the molecule is N#Cc1ccc(F)cc1CS(=O)c1ccc(F)cc1N. The highest BCUT2D eigenvalue weighted by molar-refractivity contribution is 7.84. The van der Waals surface area contributed by atoms with Gasteiger partial charge in [0.1, 0.15) is 11.6 Å². The Labute approximate surface area is 117 Å². The minimum atomic E-state index is -1.58. The smallest absolute Gasteiger partial charge is 0.125 e. The summed E-state index contributed by atoms with van der Waals surface area (Å²) >= 11 is 0. The van der Waals surface area contributed by atoms with E-state index in [1.807, 2.05) is 6.07 Å². The summed E-state index contributed by atoms with van der Waals surface area (Å²) in [6, 6.07) is 9.12.